The van der Waals surface area contributed by atoms with E-state index in [0.717, 1.165) is 17.0 Å². The van der Waals surface area contributed by atoms with E-state index in [9.17, 15) is 4.79 Å². The van der Waals surface area contributed by atoms with Crippen LogP contribution in [0, 0.1) is 0 Å². The van der Waals surface area contributed by atoms with Gasteiger partial charge in [0.05, 0.1) is 19.4 Å². The number of rotatable bonds is 8. The predicted molar refractivity (Wildman–Crippen MR) is 115 cm³/mol. The molecule has 0 spiro atoms. The maximum atomic E-state index is 12.3. The standard InChI is InChI=1S/C21H20N4O4S/c1-3-28-17-10-6-7-11-18(17)29-12-19(26)22-20-23-21-25(24-20)15(13-30-21)14-8-4-5-9-16(14)27-2/h4-11,13H,3,12H2,1-2H3,(H,22,24,26). The highest BCUT2D eigenvalue weighted by Crippen LogP contribution is 2.32. The summed E-state index contributed by atoms with van der Waals surface area (Å²) in [4.78, 5) is 17.4. The van der Waals surface area contributed by atoms with Crippen molar-refractivity contribution in [3.8, 4) is 28.5 Å². The van der Waals surface area contributed by atoms with Crippen LogP contribution in [0.15, 0.2) is 53.9 Å². The number of aromatic nitrogens is 3. The molecule has 4 aromatic rings. The van der Waals surface area contributed by atoms with Crippen LogP contribution in [0.25, 0.3) is 16.2 Å². The van der Waals surface area contributed by atoms with Crippen LogP contribution < -0.4 is 19.5 Å². The number of amides is 1. The summed E-state index contributed by atoms with van der Waals surface area (Å²) in [5.41, 5.74) is 1.73. The molecule has 2 heterocycles. The Morgan fingerprint density at radius 2 is 1.77 bits per heavy atom. The van der Waals surface area contributed by atoms with Crippen LogP contribution in [-0.4, -0.2) is 40.8 Å². The van der Waals surface area contributed by atoms with E-state index in [1.165, 1.54) is 11.3 Å². The quantitative estimate of drug-likeness (QED) is 0.462. The number of hydrogen-bond donors (Lipinski definition) is 1. The van der Waals surface area contributed by atoms with Crippen LogP contribution in [0.4, 0.5) is 5.95 Å². The number of carbonyl (C=O) groups is 1. The predicted octanol–water partition coefficient (Wildman–Crippen LogP) is 3.88. The lowest BCUT2D eigenvalue weighted by Crippen LogP contribution is -2.21. The van der Waals surface area contributed by atoms with Gasteiger partial charge in [0.2, 0.25) is 4.96 Å². The van der Waals surface area contributed by atoms with Gasteiger partial charge in [-0.2, -0.15) is 4.98 Å². The lowest BCUT2D eigenvalue weighted by atomic mass is 10.1. The normalized spacial score (nSPS) is 10.7. The molecule has 0 unspecified atom stereocenters. The van der Waals surface area contributed by atoms with Crippen molar-refractivity contribution in [1.82, 2.24) is 14.6 Å². The molecule has 0 fully saturated rings. The average Bonchev–Trinajstić information content (AvgIpc) is 3.33. The third-order valence-electron chi connectivity index (χ3n) is 4.22. The van der Waals surface area contributed by atoms with Crippen LogP contribution in [0.3, 0.4) is 0 Å². The largest absolute Gasteiger partial charge is 0.496 e. The van der Waals surface area contributed by atoms with Gasteiger partial charge in [-0.3, -0.25) is 10.1 Å². The number of thiazole rings is 1. The number of nitrogens with one attached hydrogen (secondary N) is 1. The number of fused-ring (bicyclic) bond motifs is 1. The van der Waals surface area contributed by atoms with Crippen LogP contribution in [-0.2, 0) is 4.79 Å². The Morgan fingerprint density at radius 1 is 1.07 bits per heavy atom. The Kier molecular flexibility index (Phi) is 5.80. The first-order valence-electron chi connectivity index (χ1n) is 9.31. The fraction of sp³-hybridized carbons (Fsp3) is 0.190. The van der Waals surface area contributed by atoms with Crippen molar-refractivity contribution in [1.29, 1.82) is 0 Å². The molecule has 0 saturated heterocycles. The number of carbonyl (C=O) groups excluding carboxylic acids is 1. The first-order chi connectivity index (χ1) is 14.7. The molecule has 9 heteroatoms. The van der Waals surface area contributed by atoms with Crippen molar-refractivity contribution in [2.75, 3.05) is 25.6 Å². The molecule has 2 aromatic carbocycles. The molecule has 0 atom stereocenters. The van der Waals surface area contributed by atoms with E-state index in [0.29, 0.717) is 23.1 Å². The molecule has 4 rings (SSSR count). The molecule has 0 aliphatic rings. The van der Waals surface area contributed by atoms with Crippen LogP contribution >= 0.6 is 11.3 Å². The second kappa shape index (κ2) is 8.83. The number of benzene rings is 2. The van der Waals surface area contributed by atoms with Gasteiger partial charge < -0.3 is 14.2 Å². The van der Waals surface area contributed by atoms with E-state index in [2.05, 4.69) is 15.4 Å². The number of hydrogen-bond acceptors (Lipinski definition) is 7. The van der Waals surface area contributed by atoms with Gasteiger partial charge in [0.15, 0.2) is 18.1 Å². The van der Waals surface area contributed by atoms with Crippen molar-refractivity contribution >= 4 is 28.2 Å². The molecule has 1 N–H and O–H groups in total. The van der Waals surface area contributed by atoms with Crippen molar-refractivity contribution in [3.63, 3.8) is 0 Å². The highest BCUT2D eigenvalue weighted by atomic mass is 32.1. The Labute approximate surface area is 177 Å². The highest BCUT2D eigenvalue weighted by Gasteiger charge is 2.16. The van der Waals surface area contributed by atoms with Gasteiger partial charge >= 0.3 is 0 Å². The van der Waals surface area contributed by atoms with Crippen LogP contribution in [0.2, 0.25) is 0 Å². The van der Waals surface area contributed by atoms with Gasteiger partial charge in [0.1, 0.15) is 5.75 Å². The van der Waals surface area contributed by atoms with E-state index in [1.54, 1.807) is 23.8 Å². The first kappa shape index (κ1) is 19.7. The smallest absolute Gasteiger partial charge is 0.264 e. The van der Waals surface area contributed by atoms with E-state index >= 15 is 0 Å². The maximum absolute atomic E-state index is 12.3. The van der Waals surface area contributed by atoms with E-state index in [1.807, 2.05) is 48.7 Å². The molecule has 0 bridgehead atoms. The average molecular weight is 424 g/mol. The van der Waals surface area contributed by atoms with Gasteiger partial charge in [-0.25, -0.2) is 4.52 Å². The Morgan fingerprint density at radius 3 is 2.50 bits per heavy atom. The SMILES string of the molecule is CCOc1ccccc1OCC(=O)Nc1nc2scc(-c3ccccc3OC)n2n1. The number of ether oxygens (including phenoxy) is 3. The van der Waals surface area contributed by atoms with E-state index in [-0.39, 0.29) is 18.5 Å². The molecule has 30 heavy (non-hydrogen) atoms. The number of nitrogens with zero attached hydrogens (tertiary/aromatic N) is 3. The number of methoxy groups -OCH3 is 1. The Balaban J connectivity index is 1.47. The third-order valence-corrected chi connectivity index (χ3v) is 5.04. The minimum atomic E-state index is -0.363. The summed E-state index contributed by atoms with van der Waals surface area (Å²) in [5, 5.41) is 9.04. The summed E-state index contributed by atoms with van der Waals surface area (Å²) in [6.45, 7) is 2.21. The fourth-order valence-electron chi connectivity index (χ4n) is 2.92. The first-order valence-corrected chi connectivity index (χ1v) is 10.2. The van der Waals surface area contributed by atoms with Crippen LogP contribution in [0.1, 0.15) is 6.92 Å². The summed E-state index contributed by atoms with van der Waals surface area (Å²) in [5.74, 6) is 1.68. The number of anilines is 1. The zero-order valence-electron chi connectivity index (χ0n) is 16.5. The Bertz CT molecular complexity index is 1170. The monoisotopic (exact) mass is 424 g/mol. The molecule has 0 aliphatic heterocycles. The summed E-state index contributed by atoms with van der Waals surface area (Å²) in [6, 6.07) is 14.9. The van der Waals surface area contributed by atoms with Crippen LogP contribution in [0.5, 0.6) is 17.2 Å². The molecule has 0 saturated carbocycles. The fourth-order valence-corrected chi connectivity index (χ4v) is 3.75. The summed E-state index contributed by atoms with van der Waals surface area (Å²) >= 11 is 1.43. The third kappa shape index (κ3) is 4.06. The molecule has 154 valence electrons. The second-order valence-corrected chi connectivity index (χ2v) is 7.00. The summed E-state index contributed by atoms with van der Waals surface area (Å²) in [6.07, 6.45) is 0. The van der Waals surface area contributed by atoms with Gasteiger partial charge in [0, 0.05) is 10.9 Å². The molecule has 8 nitrogen and oxygen atoms in total. The minimum absolute atomic E-state index is 0.184. The molecule has 0 radical (unpaired) electrons. The zero-order chi connectivity index (χ0) is 20.9. The molecule has 0 aliphatic carbocycles. The van der Waals surface area contributed by atoms with Crippen molar-refractivity contribution < 1.29 is 19.0 Å². The molecular formula is C21H20N4O4S. The zero-order valence-corrected chi connectivity index (χ0v) is 17.3. The minimum Gasteiger partial charge on any atom is -0.496 e. The molecular weight excluding hydrogens is 404 g/mol. The van der Waals surface area contributed by atoms with E-state index < -0.39 is 0 Å². The van der Waals surface area contributed by atoms with Gasteiger partial charge in [-0.15, -0.1) is 16.4 Å². The number of para-hydroxylation sites is 3. The van der Waals surface area contributed by atoms with Gasteiger partial charge in [-0.05, 0) is 31.2 Å². The molecule has 1 amide bonds. The highest BCUT2D eigenvalue weighted by molar-refractivity contribution is 7.15. The van der Waals surface area contributed by atoms with Gasteiger partial charge in [-0.1, -0.05) is 24.3 Å². The maximum Gasteiger partial charge on any atom is 0.264 e. The van der Waals surface area contributed by atoms with Gasteiger partial charge in [0.25, 0.3) is 11.9 Å². The lowest BCUT2D eigenvalue weighted by Gasteiger charge is -2.10. The lowest BCUT2D eigenvalue weighted by molar-refractivity contribution is -0.118. The second-order valence-electron chi connectivity index (χ2n) is 6.17. The van der Waals surface area contributed by atoms with Crippen molar-refractivity contribution in [2.24, 2.45) is 0 Å². The Hall–Kier alpha value is -3.59. The summed E-state index contributed by atoms with van der Waals surface area (Å²) < 4.78 is 18.2. The molecule has 2 aromatic heterocycles. The topological polar surface area (TPSA) is 87.0 Å². The van der Waals surface area contributed by atoms with E-state index in [4.69, 9.17) is 14.2 Å². The van der Waals surface area contributed by atoms with Crippen molar-refractivity contribution in [2.45, 2.75) is 6.92 Å². The van der Waals surface area contributed by atoms with Crippen molar-refractivity contribution in [3.05, 3.63) is 53.9 Å². The summed E-state index contributed by atoms with van der Waals surface area (Å²) in [7, 11) is 1.62.